The minimum atomic E-state index is -0.648. The summed E-state index contributed by atoms with van der Waals surface area (Å²) in [4.78, 5) is 23.2. The van der Waals surface area contributed by atoms with Crippen molar-refractivity contribution in [2.45, 2.75) is 71.1 Å². The Bertz CT molecular complexity index is 301. The summed E-state index contributed by atoms with van der Waals surface area (Å²) in [6.45, 7) is 2.24. The number of esters is 2. The van der Waals surface area contributed by atoms with Crippen molar-refractivity contribution in [2.24, 2.45) is 5.41 Å². The van der Waals surface area contributed by atoms with E-state index in [2.05, 4.69) is 6.92 Å². The second kappa shape index (κ2) is 8.31. The topological polar surface area (TPSA) is 63.6 Å². The highest BCUT2D eigenvalue weighted by atomic mass is 16.6. The lowest BCUT2D eigenvalue weighted by Gasteiger charge is -2.23. The summed E-state index contributed by atoms with van der Waals surface area (Å²) in [6, 6.07) is 0. The van der Waals surface area contributed by atoms with Gasteiger partial charge in [0.05, 0.1) is 11.8 Å². The first-order valence-corrected chi connectivity index (χ1v) is 7.50. The number of hydrogen-bond acceptors (Lipinski definition) is 4. The number of carbonyl (C=O) groups excluding carboxylic acids is 2. The van der Waals surface area contributed by atoms with Crippen LogP contribution in [0, 0.1) is 5.41 Å². The number of hydrogen-bond donors (Lipinski definition) is 1. The van der Waals surface area contributed by atoms with Gasteiger partial charge in [-0.1, -0.05) is 45.4 Å². The summed E-state index contributed by atoms with van der Waals surface area (Å²) in [5, 5.41) is 8.92. The van der Waals surface area contributed by atoms with Gasteiger partial charge in [0.2, 0.25) is 0 Å². The van der Waals surface area contributed by atoms with E-state index in [-0.39, 0.29) is 19.0 Å². The molecule has 0 aliphatic carbocycles. The van der Waals surface area contributed by atoms with Crippen molar-refractivity contribution in [1.29, 1.82) is 0 Å². The molecule has 0 saturated carbocycles. The molecular weight excluding hydrogens is 244 g/mol. The highest BCUT2D eigenvalue weighted by Gasteiger charge is 2.47. The van der Waals surface area contributed by atoms with Crippen molar-refractivity contribution < 1.29 is 19.4 Å². The van der Waals surface area contributed by atoms with Gasteiger partial charge in [-0.25, -0.2) is 0 Å². The van der Waals surface area contributed by atoms with Crippen LogP contribution >= 0.6 is 0 Å². The molecule has 1 atom stereocenters. The zero-order valence-corrected chi connectivity index (χ0v) is 12.0. The average molecular weight is 270 g/mol. The number of cyclic esters (lactones) is 2. The van der Waals surface area contributed by atoms with Gasteiger partial charge in [-0.3, -0.25) is 9.59 Å². The largest absolute Gasteiger partial charge is 0.396 e. The molecule has 0 aromatic heterocycles. The summed E-state index contributed by atoms with van der Waals surface area (Å²) in [5.74, 6) is -0.784. The molecule has 0 bridgehead atoms. The van der Waals surface area contributed by atoms with Crippen molar-refractivity contribution in [3.63, 3.8) is 0 Å². The lowest BCUT2D eigenvalue weighted by atomic mass is 9.77. The number of aliphatic hydroxyl groups excluding tert-OH is 1. The molecule has 0 spiro atoms. The Morgan fingerprint density at radius 2 is 1.68 bits per heavy atom. The highest BCUT2D eigenvalue weighted by molar-refractivity contribution is 5.97. The number of unbranched alkanes of at least 4 members (excludes halogenated alkanes) is 5. The highest BCUT2D eigenvalue weighted by Crippen LogP contribution is 2.40. The Kier molecular flexibility index (Phi) is 7.06. The Labute approximate surface area is 115 Å². The summed E-state index contributed by atoms with van der Waals surface area (Å²) in [6.07, 6.45) is 8.99. The molecule has 1 fully saturated rings. The molecule has 1 aliphatic rings. The van der Waals surface area contributed by atoms with E-state index in [1.807, 2.05) is 0 Å². The first kappa shape index (κ1) is 16.2. The van der Waals surface area contributed by atoms with E-state index in [1.54, 1.807) is 0 Å². The van der Waals surface area contributed by atoms with Crippen molar-refractivity contribution in [3.8, 4) is 0 Å². The second-order valence-electron chi connectivity index (χ2n) is 5.56. The summed E-state index contributed by atoms with van der Waals surface area (Å²) < 4.78 is 4.71. The molecular formula is C15H26O4. The van der Waals surface area contributed by atoms with Gasteiger partial charge in [0.25, 0.3) is 0 Å². The van der Waals surface area contributed by atoms with Crippen LogP contribution in [0.5, 0.6) is 0 Å². The van der Waals surface area contributed by atoms with Gasteiger partial charge >= 0.3 is 11.9 Å². The molecule has 0 amide bonds. The van der Waals surface area contributed by atoms with E-state index in [0.29, 0.717) is 19.3 Å². The van der Waals surface area contributed by atoms with E-state index in [9.17, 15) is 9.59 Å². The Hall–Kier alpha value is -0.900. The smallest absolute Gasteiger partial charge is 0.320 e. The first-order valence-electron chi connectivity index (χ1n) is 7.50. The molecule has 1 unspecified atom stereocenters. The maximum atomic E-state index is 11.9. The molecule has 0 aromatic carbocycles. The molecule has 4 heteroatoms. The number of carbonyl (C=O) groups is 2. The second-order valence-corrected chi connectivity index (χ2v) is 5.56. The monoisotopic (exact) mass is 270 g/mol. The van der Waals surface area contributed by atoms with Gasteiger partial charge in [-0.05, 0) is 19.3 Å². The van der Waals surface area contributed by atoms with Gasteiger partial charge in [-0.15, -0.1) is 0 Å². The number of rotatable bonds is 10. The summed E-state index contributed by atoms with van der Waals surface area (Å²) in [7, 11) is 0. The zero-order valence-electron chi connectivity index (χ0n) is 12.0. The van der Waals surface area contributed by atoms with Crippen LogP contribution < -0.4 is 0 Å². The van der Waals surface area contributed by atoms with Crippen molar-refractivity contribution in [2.75, 3.05) is 6.61 Å². The molecule has 1 N–H and O–H groups in total. The maximum absolute atomic E-state index is 11.9. The third-order valence-electron chi connectivity index (χ3n) is 3.94. The predicted molar refractivity (Wildman–Crippen MR) is 72.5 cm³/mol. The molecule has 0 aromatic rings. The minimum absolute atomic E-state index is 0.0553. The van der Waals surface area contributed by atoms with Gasteiger partial charge in [0.15, 0.2) is 0 Å². The maximum Gasteiger partial charge on any atom is 0.320 e. The molecule has 1 saturated heterocycles. The molecule has 4 nitrogen and oxygen atoms in total. The van der Waals surface area contributed by atoms with E-state index in [4.69, 9.17) is 9.84 Å². The van der Waals surface area contributed by atoms with E-state index in [1.165, 1.54) is 25.7 Å². The van der Waals surface area contributed by atoms with Gasteiger partial charge in [-0.2, -0.15) is 0 Å². The fourth-order valence-corrected chi connectivity index (χ4v) is 2.76. The summed E-state index contributed by atoms with van der Waals surface area (Å²) >= 11 is 0. The minimum Gasteiger partial charge on any atom is -0.396 e. The van der Waals surface area contributed by atoms with Gasteiger partial charge in [0, 0.05) is 6.61 Å². The van der Waals surface area contributed by atoms with Crippen molar-refractivity contribution in [3.05, 3.63) is 0 Å². The van der Waals surface area contributed by atoms with Crippen LogP contribution in [-0.2, 0) is 14.3 Å². The molecule has 110 valence electrons. The zero-order chi connectivity index (χ0) is 14.1. The molecule has 19 heavy (non-hydrogen) atoms. The van der Waals surface area contributed by atoms with Crippen LogP contribution in [-0.4, -0.2) is 23.7 Å². The van der Waals surface area contributed by atoms with Crippen LogP contribution in [0.1, 0.15) is 71.1 Å². The Morgan fingerprint density at radius 1 is 1.05 bits per heavy atom. The third-order valence-corrected chi connectivity index (χ3v) is 3.94. The fraction of sp³-hybridized carbons (Fsp3) is 0.867. The number of ether oxygens (including phenoxy) is 1. The predicted octanol–water partition coefficient (Wildman–Crippen LogP) is 2.97. The lowest BCUT2D eigenvalue weighted by Crippen LogP contribution is -2.27. The van der Waals surface area contributed by atoms with Crippen LogP contribution in [0.3, 0.4) is 0 Å². The van der Waals surface area contributed by atoms with Gasteiger partial charge in [0.1, 0.15) is 0 Å². The van der Waals surface area contributed by atoms with Crippen molar-refractivity contribution >= 4 is 11.9 Å². The van der Waals surface area contributed by atoms with Crippen LogP contribution in [0.15, 0.2) is 0 Å². The standard InChI is InChI=1S/C15H26O4/c1-2-3-4-5-6-7-9-15(10-8-11-16)12-13(17)19-14(15)18/h16H,2-12H2,1H3. The van der Waals surface area contributed by atoms with E-state index < -0.39 is 11.4 Å². The van der Waals surface area contributed by atoms with Crippen molar-refractivity contribution in [1.82, 2.24) is 0 Å². The fourth-order valence-electron chi connectivity index (χ4n) is 2.76. The van der Waals surface area contributed by atoms with Crippen LogP contribution in [0.2, 0.25) is 0 Å². The van der Waals surface area contributed by atoms with E-state index >= 15 is 0 Å². The van der Waals surface area contributed by atoms with E-state index in [0.717, 1.165) is 12.8 Å². The van der Waals surface area contributed by atoms with Gasteiger partial charge < -0.3 is 9.84 Å². The summed E-state index contributed by atoms with van der Waals surface area (Å²) in [5.41, 5.74) is -0.648. The normalized spacial score (nSPS) is 22.8. The molecule has 1 heterocycles. The van der Waals surface area contributed by atoms with Crippen LogP contribution in [0.25, 0.3) is 0 Å². The third kappa shape index (κ3) is 4.94. The quantitative estimate of drug-likeness (QED) is 0.376. The first-order chi connectivity index (χ1) is 9.14. The Balaban J connectivity index is 2.38. The SMILES string of the molecule is CCCCCCCCC1(CCCO)CC(=O)OC1=O. The average Bonchev–Trinajstić information content (AvgIpc) is 2.66. The molecule has 0 radical (unpaired) electrons. The lowest BCUT2D eigenvalue weighted by molar-refractivity contribution is -0.155. The Morgan fingerprint density at radius 3 is 2.26 bits per heavy atom. The van der Waals surface area contributed by atoms with Crippen LogP contribution in [0.4, 0.5) is 0 Å². The number of aliphatic hydroxyl groups is 1. The molecule has 1 rings (SSSR count). The molecule has 1 aliphatic heterocycles.